The van der Waals surface area contributed by atoms with Gasteiger partial charge in [-0.2, -0.15) is 0 Å². The average molecular weight is 889 g/mol. The van der Waals surface area contributed by atoms with Crippen molar-refractivity contribution in [3.63, 3.8) is 0 Å². The highest BCUT2D eigenvalue weighted by Gasteiger charge is 2.20. The maximum absolute atomic E-state index is 3.68. The van der Waals surface area contributed by atoms with Crippen LogP contribution in [0.3, 0.4) is 0 Å². The van der Waals surface area contributed by atoms with Crippen molar-refractivity contribution in [2.24, 2.45) is 0 Å². The average Bonchev–Trinajstić information content (AvgIpc) is 3.44. The summed E-state index contributed by atoms with van der Waals surface area (Å²) in [5, 5.41) is 7.03. The summed E-state index contributed by atoms with van der Waals surface area (Å²) >= 11 is 0. The molecular formula is C68H44N2. The molecule has 12 aromatic rings. The van der Waals surface area contributed by atoms with Crippen LogP contribution in [-0.4, -0.2) is 0 Å². The van der Waals surface area contributed by atoms with E-state index < -0.39 is 0 Å². The molecule has 2 nitrogen and oxygen atoms in total. The Bertz CT molecular complexity index is 3550. The summed E-state index contributed by atoms with van der Waals surface area (Å²) in [4.78, 5) is 4.55. The summed E-state index contributed by atoms with van der Waals surface area (Å²) in [6.45, 7) is 0. The SMILES string of the molecule is C(#Cc1cc(-c2ccccc2)c2ccc3c(-c4ccccc4)cc(C#Cc4ccc(N(c5ccccc5)c5ccccc5)cc4)c4ccc1c2c43)c1ccc(N(c2ccccc2)c2ccccc2)cc1. The molecule has 70 heavy (non-hydrogen) atoms. The van der Waals surface area contributed by atoms with Crippen LogP contribution < -0.4 is 9.80 Å². The molecule has 0 saturated carbocycles. The third-order valence-corrected chi connectivity index (χ3v) is 13.1. The van der Waals surface area contributed by atoms with Crippen LogP contribution in [0.15, 0.2) is 267 Å². The molecule has 0 amide bonds. The fourth-order valence-corrected chi connectivity index (χ4v) is 9.78. The van der Waals surface area contributed by atoms with E-state index in [0.29, 0.717) is 0 Å². The van der Waals surface area contributed by atoms with Gasteiger partial charge in [0, 0.05) is 56.4 Å². The van der Waals surface area contributed by atoms with Gasteiger partial charge in [0.25, 0.3) is 0 Å². The Labute approximate surface area is 409 Å². The molecule has 0 unspecified atom stereocenters. The molecule has 0 N–H and O–H groups in total. The van der Waals surface area contributed by atoms with E-state index in [1.165, 1.54) is 21.5 Å². The van der Waals surface area contributed by atoms with Gasteiger partial charge in [-0.05, 0) is 164 Å². The molecule has 0 atom stereocenters. The Balaban J connectivity index is 0.990. The lowest BCUT2D eigenvalue weighted by Crippen LogP contribution is -2.09. The van der Waals surface area contributed by atoms with Crippen LogP contribution in [0.4, 0.5) is 34.1 Å². The van der Waals surface area contributed by atoms with E-state index in [2.05, 4.69) is 300 Å². The predicted octanol–water partition coefficient (Wildman–Crippen LogP) is 17.7. The second-order valence-electron chi connectivity index (χ2n) is 17.4. The van der Waals surface area contributed by atoms with Crippen LogP contribution in [0.2, 0.25) is 0 Å². The molecule has 0 aliphatic rings. The molecule has 0 aromatic heterocycles. The van der Waals surface area contributed by atoms with Gasteiger partial charge in [-0.1, -0.05) is 181 Å². The zero-order valence-electron chi connectivity index (χ0n) is 38.3. The molecule has 0 bridgehead atoms. The molecule has 0 heterocycles. The van der Waals surface area contributed by atoms with Gasteiger partial charge in [0.1, 0.15) is 0 Å². The molecule has 0 spiro atoms. The lowest BCUT2D eigenvalue weighted by Gasteiger charge is -2.25. The highest BCUT2D eigenvalue weighted by atomic mass is 15.1. The van der Waals surface area contributed by atoms with Crippen molar-refractivity contribution in [1.29, 1.82) is 0 Å². The summed E-state index contributed by atoms with van der Waals surface area (Å²) in [6, 6.07) is 94.2. The van der Waals surface area contributed by atoms with Crippen molar-refractivity contribution in [3.05, 3.63) is 289 Å². The van der Waals surface area contributed by atoms with Crippen LogP contribution in [0, 0.1) is 23.7 Å². The van der Waals surface area contributed by atoms with Gasteiger partial charge in [0.15, 0.2) is 0 Å². The Hall–Kier alpha value is -9.60. The largest absolute Gasteiger partial charge is 0.311 e. The number of hydrogen-bond donors (Lipinski definition) is 0. The Morgan fingerprint density at radius 1 is 0.229 bits per heavy atom. The lowest BCUT2D eigenvalue weighted by molar-refractivity contribution is 1.28. The van der Waals surface area contributed by atoms with Gasteiger partial charge < -0.3 is 9.80 Å². The van der Waals surface area contributed by atoms with Gasteiger partial charge in [-0.25, -0.2) is 0 Å². The fourth-order valence-electron chi connectivity index (χ4n) is 9.78. The van der Waals surface area contributed by atoms with Crippen LogP contribution in [0.25, 0.3) is 54.6 Å². The minimum atomic E-state index is 0.946. The molecule has 0 radical (unpaired) electrons. The number of para-hydroxylation sites is 4. The minimum absolute atomic E-state index is 0.946. The smallest absolute Gasteiger partial charge is 0.0462 e. The van der Waals surface area contributed by atoms with E-state index in [4.69, 9.17) is 0 Å². The number of benzene rings is 12. The Morgan fingerprint density at radius 3 is 0.814 bits per heavy atom. The maximum Gasteiger partial charge on any atom is 0.0462 e. The molecule has 12 aromatic carbocycles. The first-order chi connectivity index (χ1) is 34.7. The third kappa shape index (κ3) is 8.07. The summed E-state index contributed by atoms with van der Waals surface area (Å²) in [7, 11) is 0. The van der Waals surface area contributed by atoms with Crippen LogP contribution in [0.5, 0.6) is 0 Å². The molecule has 2 heteroatoms. The van der Waals surface area contributed by atoms with E-state index >= 15 is 0 Å². The van der Waals surface area contributed by atoms with Crippen LogP contribution in [0.1, 0.15) is 22.3 Å². The molecule has 0 saturated heterocycles. The number of hydrogen-bond acceptors (Lipinski definition) is 2. The molecule has 0 aliphatic carbocycles. The molecule has 0 aliphatic heterocycles. The van der Waals surface area contributed by atoms with Crippen molar-refractivity contribution >= 4 is 66.4 Å². The monoisotopic (exact) mass is 888 g/mol. The van der Waals surface area contributed by atoms with E-state index in [1.807, 2.05) is 0 Å². The number of rotatable bonds is 8. The molecule has 0 fully saturated rings. The fraction of sp³-hybridized carbons (Fsp3) is 0. The molecule has 326 valence electrons. The van der Waals surface area contributed by atoms with Gasteiger partial charge >= 0.3 is 0 Å². The lowest BCUT2D eigenvalue weighted by atomic mass is 9.84. The zero-order chi connectivity index (χ0) is 46.6. The maximum atomic E-state index is 3.68. The Morgan fingerprint density at radius 2 is 0.500 bits per heavy atom. The minimum Gasteiger partial charge on any atom is -0.311 e. The van der Waals surface area contributed by atoms with Crippen LogP contribution >= 0.6 is 0 Å². The first kappa shape index (κ1) is 41.8. The first-order valence-corrected chi connectivity index (χ1v) is 23.7. The summed E-state index contributed by atoms with van der Waals surface area (Å²) in [5.74, 6) is 14.5. The van der Waals surface area contributed by atoms with Crippen molar-refractivity contribution < 1.29 is 0 Å². The number of nitrogens with zero attached hydrogens (tertiary/aromatic N) is 2. The van der Waals surface area contributed by atoms with Gasteiger partial charge in [0.2, 0.25) is 0 Å². The Kier molecular flexibility index (Phi) is 11.1. The van der Waals surface area contributed by atoms with E-state index in [1.54, 1.807) is 0 Å². The highest BCUT2D eigenvalue weighted by molar-refractivity contribution is 6.29. The highest BCUT2D eigenvalue weighted by Crippen LogP contribution is 2.45. The summed E-state index contributed by atoms with van der Waals surface area (Å²) < 4.78 is 0. The quantitative estimate of drug-likeness (QED) is 0.111. The molecular weight excluding hydrogens is 845 g/mol. The third-order valence-electron chi connectivity index (χ3n) is 13.1. The number of anilines is 6. The molecule has 12 rings (SSSR count). The van der Waals surface area contributed by atoms with Gasteiger partial charge in [-0.3, -0.25) is 0 Å². The van der Waals surface area contributed by atoms with Crippen molar-refractivity contribution in [1.82, 2.24) is 0 Å². The van der Waals surface area contributed by atoms with E-state index in [-0.39, 0.29) is 0 Å². The summed E-state index contributed by atoms with van der Waals surface area (Å²) in [6.07, 6.45) is 0. The topological polar surface area (TPSA) is 6.48 Å². The zero-order valence-corrected chi connectivity index (χ0v) is 38.3. The van der Waals surface area contributed by atoms with Crippen molar-refractivity contribution in [3.8, 4) is 45.9 Å². The van der Waals surface area contributed by atoms with Gasteiger partial charge in [0.05, 0.1) is 0 Å². The predicted molar refractivity (Wildman–Crippen MR) is 295 cm³/mol. The normalized spacial score (nSPS) is 10.9. The first-order valence-electron chi connectivity index (χ1n) is 23.7. The van der Waals surface area contributed by atoms with Crippen molar-refractivity contribution in [2.45, 2.75) is 0 Å². The van der Waals surface area contributed by atoms with Crippen molar-refractivity contribution in [2.75, 3.05) is 9.80 Å². The van der Waals surface area contributed by atoms with E-state index in [9.17, 15) is 0 Å². The van der Waals surface area contributed by atoms with Crippen LogP contribution in [-0.2, 0) is 0 Å². The standard InChI is InChI=1S/C68H44N2/c1-7-19-51(20-8-1)65-47-53(37-31-49-33-39-59(40-34-49)69(55-23-11-3-12-24-55)56-25-13-4-14-26-56)61-43-44-62-54(48-66(52-21-9-2-10-22-52)64-46-45-63(65)67(61)68(62)64)38-32-50-35-41-60(42-36-50)70(57-27-15-5-16-28-57)58-29-17-6-18-30-58/h1-30,33-36,39-48H. The summed E-state index contributed by atoms with van der Waals surface area (Å²) in [5.41, 5.74) is 15.0. The second kappa shape index (κ2) is 18.6. The van der Waals surface area contributed by atoms with Gasteiger partial charge in [-0.15, -0.1) is 0 Å². The second-order valence-corrected chi connectivity index (χ2v) is 17.4. The van der Waals surface area contributed by atoms with E-state index in [0.717, 1.165) is 89.4 Å².